The first-order chi connectivity index (χ1) is 7.59. The van der Waals surface area contributed by atoms with Gasteiger partial charge in [-0.05, 0) is 6.92 Å². The minimum atomic E-state index is -0.839. The minimum Gasteiger partial charge on any atom is -0.481 e. The van der Waals surface area contributed by atoms with Crippen LogP contribution in [0.3, 0.4) is 0 Å². The van der Waals surface area contributed by atoms with Crippen LogP contribution >= 0.6 is 23.1 Å². The molecule has 1 heterocycles. The highest BCUT2D eigenvalue weighted by molar-refractivity contribution is 7.99. The van der Waals surface area contributed by atoms with Crippen molar-refractivity contribution in [1.82, 2.24) is 10.3 Å². The van der Waals surface area contributed by atoms with Crippen LogP contribution in [0.5, 0.6) is 0 Å². The summed E-state index contributed by atoms with van der Waals surface area (Å²) in [7, 11) is 0. The van der Waals surface area contributed by atoms with Crippen molar-refractivity contribution in [3.05, 3.63) is 16.1 Å². The molecule has 16 heavy (non-hydrogen) atoms. The van der Waals surface area contributed by atoms with Crippen molar-refractivity contribution in [3.63, 3.8) is 0 Å². The lowest BCUT2D eigenvalue weighted by molar-refractivity contribution is -0.133. The van der Waals surface area contributed by atoms with Gasteiger partial charge < -0.3 is 10.4 Å². The summed E-state index contributed by atoms with van der Waals surface area (Å²) in [5, 5.41) is 11.9. The molecular weight excluding hydrogens is 248 g/mol. The van der Waals surface area contributed by atoms with Crippen LogP contribution in [0.4, 0.5) is 0 Å². The van der Waals surface area contributed by atoms with Gasteiger partial charge in [0.25, 0.3) is 5.91 Å². The maximum absolute atomic E-state index is 11.5. The van der Waals surface area contributed by atoms with Gasteiger partial charge in [0.05, 0.1) is 17.0 Å². The largest absolute Gasteiger partial charge is 0.481 e. The number of amides is 1. The maximum Gasteiger partial charge on any atom is 0.313 e. The van der Waals surface area contributed by atoms with E-state index in [4.69, 9.17) is 5.11 Å². The molecule has 0 aromatic carbocycles. The molecule has 0 aliphatic heterocycles. The number of hydrogen-bond acceptors (Lipinski definition) is 5. The number of nitrogens with one attached hydrogen (secondary N) is 1. The highest BCUT2D eigenvalue weighted by atomic mass is 32.2. The number of nitrogens with zero attached hydrogens (tertiary/aromatic N) is 1. The molecule has 5 nitrogen and oxygen atoms in total. The Morgan fingerprint density at radius 3 is 2.94 bits per heavy atom. The Kier molecular flexibility index (Phi) is 5.27. The number of hydrogen-bond donors (Lipinski definition) is 2. The Morgan fingerprint density at radius 2 is 2.38 bits per heavy atom. The van der Waals surface area contributed by atoms with Gasteiger partial charge in [-0.25, -0.2) is 4.98 Å². The van der Waals surface area contributed by atoms with Gasteiger partial charge in [-0.15, -0.1) is 23.1 Å². The van der Waals surface area contributed by atoms with E-state index in [1.165, 1.54) is 23.1 Å². The zero-order chi connectivity index (χ0) is 12.0. The van der Waals surface area contributed by atoms with Crippen LogP contribution in [0.1, 0.15) is 14.7 Å². The quantitative estimate of drug-likeness (QED) is 0.746. The van der Waals surface area contributed by atoms with Gasteiger partial charge in [-0.2, -0.15) is 0 Å². The fourth-order valence-electron chi connectivity index (χ4n) is 0.950. The third kappa shape index (κ3) is 4.63. The summed E-state index contributed by atoms with van der Waals surface area (Å²) in [4.78, 5) is 26.3. The predicted octanol–water partition coefficient (Wildman–Crippen LogP) is 0.999. The maximum atomic E-state index is 11.5. The SMILES string of the molecule is Cc1ncc(C(=O)NCCSCC(=O)O)s1. The molecule has 1 aromatic heterocycles. The summed E-state index contributed by atoms with van der Waals surface area (Å²) in [5.41, 5.74) is 0. The Balaban J connectivity index is 2.18. The third-order valence-electron chi connectivity index (χ3n) is 1.60. The van der Waals surface area contributed by atoms with Crippen molar-refractivity contribution in [2.24, 2.45) is 0 Å². The van der Waals surface area contributed by atoms with Crippen LogP contribution in [0, 0.1) is 6.92 Å². The average Bonchev–Trinajstić information content (AvgIpc) is 2.63. The molecule has 2 N–H and O–H groups in total. The van der Waals surface area contributed by atoms with E-state index in [1.807, 2.05) is 6.92 Å². The molecule has 0 fully saturated rings. The van der Waals surface area contributed by atoms with Crippen LogP contribution < -0.4 is 5.32 Å². The Hall–Kier alpha value is -1.08. The highest BCUT2D eigenvalue weighted by Gasteiger charge is 2.07. The molecule has 0 saturated carbocycles. The fraction of sp³-hybridized carbons (Fsp3) is 0.444. The highest BCUT2D eigenvalue weighted by Crippen LogP contribution is 2.10. The van der Waals surface area contributed by atoms with Crippen molar-refractivity contribution in [1.29, 1.82) is 0 Å². The van der Waals surface area contributed by atoms with E-state index in [0.717, 1.165) is 5.01 Å². The van der Waals surface area contributed by atoms with E-state index in [9.17, 15) is 9.59 Å². The molecule has 0 spiro atoms. The number of carboxylic acid groups (broad SMARTS) is 1. The molecule has 7 heteroatoms. The van der Waals surface area contributed by atoms with Gasteiger partial charge >= 0.3 is 5.97 Å². The molecule has 1 aromatic rings. The molecule has 0 unspecified atom stereocenters. The number of aromatic nitrogens is 1. The average molecular weight is 260 g/mol. The van der Waals surface area contributed by atoms with Gasteiger partial charge in [-0.3, -0.25) is 9.59 Å². The summed E-state index contributed by atoms with van der Waals surface area (Å²) in [6.07, 6.45) is 1.54. The molecule has 88 valence electrons. The van der Waals surface area contributed by atoms with Crippen molar-refractivity contribution >= 4 is 35.0 Å². The number of rotatable bonds is 6. The van der Waals surface area contributed by atoms with E-state index in [-0.39, 0.29) is 11.7 Å². The molecule has 0 saturated heterocycles. The third-order valence-corrected chi connectivity index (χ3v) is 3.46. The topological polar surface area (TPSA) is 79.3 Å². The smallest absolute Gasteiger partial charge is 0.313 e. The Labute approximate surface area is 101 Å². The summed E-state index contributed by atoms with van der Waals surface area (Å²) in [6, 6.07) is 0. The van der Waals surface area contributed by atoms with E-state index >= 15 is 0 Å². The van der Waals surface area contributed by atoms with Crippen molar-refractivity contribution in [3.8, 4) is 0 Å². The van der Waals surface area contributed by atoms with E-state index in [1.54, 1.807) is 6.20 Å². The first-order valence-corrected chi connectivity index (χ1v) is 6.57. The standard InChI is InChI=1S/C9H12N2O3S2/c1-6-11-4-7(16-6)9(14)10-2-3-15-5-8(12)13/h4H,2-3,5H2,1H3,(H,10,14)(H,12,13). The first-order valence-electron chi connectivity index (χ1n) is 4.60. The zero-order valence-corrected chi connectivity index (χ0v) is 10.4. The normalized spacial score (nSPS) is 10.1. The first kappa shape index (κ1) is 13.0. The zero-order valence-electron chi connectivity index (χ0n) is 8.73. The van der Waals surface area contributed by atoms with Gasteiger partial charge in [0.2, 0.25) is 0 Å². The predicted molar refractivity (Wildman–Crippen MR) is 64.1 cm³/mol. The van der Waals surface area contributed by atoms with Crippen molar-refractivity contribution in [2.45, 2.75) is 6.92 Å². The number of carboxylic acids is 1. The minimum absolute atomic E-state index is 0.0650. The van der Waals surface area contributed by atoms with Crippen LogP contribution in [0.25, 0.3) is 0 Å². The summed E-state index contributed by atoms with van der Waals surface area (Å²) >= 11 is 2.62. The van der Waals surface area contributed by atoms with Gasteiger partial charge in [0.1, 0.15) is 4.88 Å². The van der Waals surface area contributed by atoms with Crippen LogP contribution in [0.15, 0.2) is 6.20 Å². The van der Waals surface area contributed by atoms with Gasteiger partial charge in [0, 0.05) is 12.3 Å². The second-order valence-corrected chi connectivity index (χ2v) is 5.29. The van der Waals surface area contributed by atoms with Crippen LogP contribution in [-0.2, 0) is 4.79 Å². The number of thiazole rings is 1. The van der Waals surface area contributed by atoms with E-state index in [2.05, 4.69) is 10.3 Å². The summed E-state index contributed by atoms with van der Waals surface area (Å²) in [5.74, 6) is -0.332. The fourth-order valence-corrected chi connectivity index (χ4v) is 2.21. The summed E-state index contributed by atoms with van der Waals surface area (Å²) in [6.45, 7) is 2.30. The lowest BCUT2D eigenvalue weighted by Crippen LogP contribution is -2.25. The molecule has 0 bridgehead atoms. The molecule has 1 rings (SSSR count). The number of aryl methyl sites for hydroxylation is 1. The number of carbonyl (C=O) groups is 2. The lowest BCUT2D eigenvalue weighted by atomic mass is 10.5. The van der Waals surface area contributed by atoms with Gasteiger partial charge in [0.15, 0.2) is 0 Å². The second kappa shape index (κ2) is 6.49. The summed E-state index contributed by atoms with van der Waals surface area (Å²) < 4.78 is 0. The number of aliphatic carboxylic acids is 1. The molecule has 0 aliphatic carbocycles. The molecule has 0 radical (unpaired) electrons. The Morgan fingerprint density at radius 1 is 1.62 bits per heavy atom. The second-order valence-electron chi connectivity index (χ2n) is 2.95. The van der Waals surface area contributed by atoms with E-state index in [0.29, 0.717) is 17.2 Å². The van der Waals surface area contributed by atoms with Crippen molar-refractivity contribution in [2.75, 3.05) is 18.1 Å². The number of thioether (sulfide) groups is 1. The number of carbonyl (C=O) groups excluding carboxylic acids is 1. The van der Waals surface area contributed by atoms with E-state index < -0.39 is 5.97 Å². The van der Waals surface area contributed by atoms with Gasteiger partial charge in [-0.1, -0.05) is 0 Å². The molecule has 1 amide bonds. The molecular formula is C9H12N2O3S2. The molecule has 0 atom stereocenters. The lowest BCUT2D eigenvalue weighted by Gasteiger charge is -2.01. The van der Waals surface area contributed by atoms with Crippen LogP contribution in [-0.4, -0.2) is 40.0 Å². The van der Waals surface area contributed by atoms with Crippen LogP contribution in [0.2, 0.25) is 0 Å². The molecule has 0 aliphatic rings. The Bertz CT molecular complexity index is 379. The van der Waals surface area contributed by atoms with Crippen molar-refractivity contribution < 1.29 is 14.7 Å². The monoisotopic (exact) mass is 260 g/mol.